The van der Waals surface area contributed by atoms with Crippen LogP contribution in [-0.4, -0.2) is 25.7 Å². The Morgan fingerprint density at radius 3 is 2.64 bits per heavy atom. The standard InChI is InChI=1S/C11H21NO2/c1-9(8-14-2)12-11(13)10-6-4-3-5-7-10/h9-10H,3-8H2,1-2H3,(H,12,13)/t9-/m0/s1. The molecule has 0 bridgehead atoms. The fourth-order valence-electron chi connectivity index (χ4n) is 2.02. The molecule has 1 saturated carbocycles. The molecule has 0 aromatic carbocycles. The average molecular weight is 199 g/mol. The van der Waals surface area contributed by atoms with Crippen LogP contribution in [0.3, 0.4) is 0 Å². The summed E-state index contributed by atoms with van der Waals surface area (Å²) in [5.74, 6) is 0.470. The maximum atomic E-state index is 11.7. The van der Waals surface area contributed by atoms with Crippen molar-refractivity contribution in [2.24, 2.45) is 5.92 Å². The highest BCUT2D eigenvalue weighted by Gasteiger charge is 2.21. The van der Waals surface area contributed by atoms with Gasteiger partial charge in [-0.05, 0) is 19.8 Å². The van der Waals surface area contributed by atoms with Gasteiger partial charge in [-0.2, -0.15) is 0 Å². The van der Waals surface area contributed by atoms with Crippen LogP contribution in [0.4, 0.5) is 0 Å². The van der Waals surface area contributed by atoms with Crippen molar-refractivity contribution in [1.29, 1.82) is 0 Å². The third-order valence-corrected chi connectivity index (χ3v) is 2.78. The summed E-state index contributed by atoms with van der Waals surface area (Å²) in [5.41, 5.74) is 0. The van der Waals surface area contributed by atoms with Crippen molar-refractivity contribution >= 4 is 5.91 Å². The Labute approximate surface area is 86.2 Å². The molecule has 1 N–H and O–H groups in total. The van der Waals surface area contributed by atoms with Crippen molar-refractivity contribution < 1.29 is 9.53 Å². The van der Waals surface area contributed by atoms with E-state index in [4.69, 9.17) is 4.74 Å². The highest BCUT2D eigenvalue weighted by molar-refractivity contribution is 5.78. The first-order valence-electron chi connectivity index (χ1n) is 5.53. The fourth-order valence-corrected chi connectivity index (χ4v) is 2.02. The zero-order valence-corrected chi connectivity index (χ0v) is 9.21. The summed E-state index contributed by atoms with van der Waals surface area (Å²) in [5, 5.41) is 2.99. The van der Waals surface area contributed by atoms with Crippen LogP contribution in [0.2, 0.25) is 0 Å². The molecular weight excluding hydrogens is 178 g/mol. The van der Waals surface area contributed by atoms with Crippen molar-refractivity contribution in [3.05, 3.63) is 0 Å². The van der Waals surface area contributed by atoms with Gasteiger partial charge in [-0.1, -0.05) is 19.3 Å². The molecule has 1 aliphatic rings. The van der Waals surface area contributed by atoms with Crippen molar-refractivity contribution in [2.75, 3.05) is 13.7 Å². The zero-order valence-electron chi connectivity index (χ0n) is 9.21. The smallest absolute Gasteiger partial charge is 0.223 e. The predicted octanol–water partition coefficient (Wildman–Crippen LogP) is 1.72. The van der Waals surface area contributed by atoms with E-state index in [1.54, 1.807) is 7.11 Å². The molecular formula is C11H21NO2. The van der Waals surface area contributed by atoms with Gasteiger partial charge in [-0.25, -0.2) is 0 Å². The maximum Gasteiger partial charge on any atom is 0.223 e. The van der Waals surface area contributed by atoms with Gasteiger partial charge >= 0.3 is 0 Å². The highest BCUT2D eigenvalue weighted by atomic mass is 16.5. The number of methoxy groups -OCH3 is 1. The molecule has 0 aromatic heterocycles. The lowest BCUT2D eigenvalue weighted by atomic mass is 9.88. The second-order valence-corrected chi connectivity index (χ2v) is 4.20. The molecule has 82 valence electrons. The molecule has 1 rings (SSSR count). The van der Waals surface area contributed by atoms with E-state index in [9.17, 15) is 4.79 Å². The Bertz CT molecular complexity index is 176. The molecule has 0 aliphatic heterocycles. The van der Waals surface area contributed by atoms with Crippen LogP contribution in [0.15, 0.2) is 0 Å². The second kappa shape index (κ2) is 6.02. The Morgan fingerprint density at radius 2 is 2.07 bits per heavy atom. The van der Waals surface area contributed by atoms with E-state index in [2.05, 4.69) is 5.32 Å². The van der Waals surface area contributed by atoms with Gasteiger partial charge in [0.15, 0.2) is 0 Å². The number of carbonyl (C=O) groups excluding carboxylic acids is 1. The number of carbonyl (C=O) groups is 1. The third kappa shape index (κ3) is 3.66. The molecule has 1 fully saturated rings. The number of hydrogen-bond acceptors (Lipinski definition) is 2. The van der Waals surface area contributed by atoms with Crippen molar-refractivity contribution in [3.8, 4) is 0 Å². The maximum absolute atomic E-state index is 11.7. The highest BCUT2D eigenvalue weighted by Crippen LogP contribution is 2.23. The van der Waals surface area contributed by atoms with Gasteiger partial charge in [0, 0.05) is 19.1 Å². The van der Waals surface area contributed by atoms with E-state index in [1.807, 2.05) is 6.92 Å². The molecule has 1 amide bonds. The van der Waals surface area contributed by atoms with Gasteiger partial charge in [-0.15, -0.1) is 0 Å². The summed E-state index contributed by atoms with van der Waals surface area (Å²) in [6, 6.07) is 0.134. The van der Waals surface area contributed by atoms with Gasteiger partial charge in [0.25, 0.3) is 0 Å². The lowest BCUT2D eigenvalue weighted by Gasteiger charge is -2.22. The molecule has 1 aliphatic carbocycles. The summed E-state index contributed by atoms with van der Waals surface area (Å²) < 4.78 is 4.98. The number of amides is 1. The lowest BCUT2D eigenvalue weighted by Crippen LogP contribution is -2.40. The monoisotopic (exact) mass is 199 g/mol. The molecule has 0 heterocycles. The quantitative estimate of drug-likeness (QED) is 0.748. The topological polar surface area (TPSA) is 38.3 Å². The number of hydrogen-bond donors (Lipinski definition) is 1. The minimum absolute atomic E-state index is 0.134. The molecule has 0 unspecified atom stereocenters. The van der Waals surface area contributed by atoms with Crippen LogP contribution < -0.4 is 5.32 Å². The van der Waals surface area contributed by atoms with Gasteiger partial charge in [0.05, 0.1) is 6.61 Å². The van der Waals surface area contributed by atoms with Crippen LogP contribution >= 0.6 is 0 Å². The molecule has 14 heavy (non-hydrogen) atoms. The van der Waals surface area contributed by atoms with Gasteiger partial charge in [0.1, 0.15) is 0 Å². The van der Waals surface area contributed by atoms with Crippen LogP contribution in [0.1, 0.15) is 39.0 Å². The first-order chi connectivity index (χ1) is 6.74. The fraction of sp³-hybridized carbons (Fsp3) is 0.909. The van der Waals surface area contributed by atoms with Gasteiger partial charge < -0.3 is 10.1 Å². The summed E-state index contributed by atoms with van der Waals surface area (Å²) in [7, 11) is 1.66. The molecule has 0 radical (unpaired) electrons. The van der Waals surface area contributed by atoms with E-state index in [1.165, 1.54) is 19.3 Å². The molecule has 1 atom stereocenters. The normalized spacial score (nSPS) is 20.4. The first kappa shape index (κ1) is 11.5. The van der Waals surface area contributed by atoms with Gasteiger partial charge in [-0.3, -0.25) is 4.79 Å². The van der Waals surface area contributed by atoms with E-state index < -0.39 is 0 Å². The van der Waals surface area contributed by atoms with E-state index in [0.29, 0.717) is 6.61 Å². The molecule has 0 spiro atoms. The average Bonchev–Trinajstić information content (AvgIpc) is 2.19. The van der Waals surface area contributed by atoms with Crippen LogP contribution in [0, 0.1) is 5.92 Å². The van der Waals surface area contributed by atoms with Crippen molar-refractivity contribution in [1.82, 2.24) is 5.32 Å². The summed E-state index contributed by atoms with van der Waals surface area (Å²) in [6.45, 7) is 2.57. The summed E-state index contributed by atoms with van der Waals surface area (Å²) in [6.07, 6.45) is 5.82. The zero-order chi connectivity index (χ0) is 10.4. The summed E-state index contributed by atoms with van der Waals surface area (Å²) >= 11 is 0. The Balaban J connectivity index is 2.25. The van der Waals surface area contributed by atoms with E-state index in [-0.39, 0.29) is 17.9 Å². The second-order valence-electron chi connectivity index (χ2n) is 4.20. The Morgan fingerprint density at radius 1 is 1.43 bits per heavy atom. The predicted molar refractivity (Wildman–Crippen MR) is 56.1 cm³/mol. The van der Waals surface area contributed by atoms with Gasteiger partial charge in [0.2, 0.25) is 5.91 Å². The third-order valence-electron chi connectivity index (χ3n) is 2.78. The minimum atomic E-state index is 0.134. The molecule has 0 saturated heterocycles. The van der Waals surface area contributed by atoms with Crippen molar-refractivity contribution in [3.63, 3.8) is 0 Å². The van der Waals surface area contributed by atoms with E-state index >= 15 is 0 Å². The molecule has 3 nitrogen and oxygen atoms in total. The van der Waals surface area contributed by atoms with Crippen molar-refractivity contribution in [2.45, 2.75) is 45.1 Å². The largest absolute Gasteiger partial charge is 0.383 e. The Kier molecular flexibility index (Phi) is 4.94. The summed E-state index contributed by atoms with van der Waals surface area (Å²) in [4.78, 5) is 11.7. The first-order valence-corrected chi connectivity index (χ1v) is 5.53. The minimum Gasteiger partial charge on any atom is -0.383 e. The number of ether oxygens (including phenoxy) is 1. The van der Waals surface area contributed by atoms with Crippen LogP contribution in [0.5, 0.6) is 0 Å². The Hall–Kier alpha value is -0.570. The number of rotatable bonds is 4. The van der Waals surface area contributed by atoms with E-state index in [0.717, 1.165) is 12.8 Å². The number of nitrogens with one attached hydrogen (secondary N) is 1. The van der Waals surface area contributed by atoms with Crippen LogP contribution in [0.25, 0.3) is 0 Å². The lowest BCUT2D eigenvalue weighted by molar-refractivity contribution is -0.126. The SMILES string of the molecule is COC[C@H](C)NC(=O)C1CCCCC1. The molecule has 0 aromatic rings. The van der Waals surface area contributed by atoms with Crippen LogP contribution in [-0.2, 0) is 9.53 Å². The molecule has 3 heteroatoms.